The summed E-state index contributed by atoms with van der Waals surface area (Å²) in [6.07, 6.45) is 0.921. The molecule has 1 heterocycles. The highest BCUT2D eigenvalue weighted by molar-refractivity contribution is 5.85. The number of rotatable bonds is 1. The van der Waals surface area contributed by atoms with Crippen LogP contribution < -0.4 is 5.32 Å². The van der Waals surface area contributed by atoms with E-state index in [2.05, 4.69) is 5.32 Å². The number of Topliss-reactive ketones (excluding diaryl/α,β-unsaturated/α-hetero) is 1. The van der Waals surface area contributed by atoms with Gasteiger partial charge in [-0.3, -0.25) is 4.79 Å². The fraction of sp³-hybridized carbons (Fsp3) is 0.846. The molecule has 18 heavy (non-hydrogen) atoms. The molecule has 5 nitrogen and oxygen atoms in total. The van der Waals surface area contributed by atoms with Crippen LogP contribution in [0.1, 0.15) is 33.6 Å². The van der Waals surface area contributed by atoms with E-state index >= 15 is 0 Å². The summed E-state index contributed by atoms with van der Waals surface area (Å²) in [4.78, 5) is 23.5. The molecule has 102 valence electrons. The molecule has 1 aliphatic carbocycles. The molecule has 0 aromatic rings. The molecule has 2 atom stereocenters. The summed E-state index contributed by atoms with van der Waals surface area (Å²) in [6, 6.07) is 0.0245. The van der Waals surface area contributed by atoms with E-state index in [-0.39, 0.29) is 17.9 Å². The van der Waals surface area contributed by atoms with E-state index in [1.54, 1.807) is 0 Å². The van der Waals surface area contributed by atoms with E-state index in [9.17, 15) is 9.59 Å². The molecule has 1 N–H and O–H groups in total. The van der Waals surface area contributed by atoms with E-state index in [1.807, 2.05) is 20.8 Å². The van der Waals surface area contributed by atoms with Crippen LogP contribution in [0, 0.1) is 11.8 Å². The van der Waals surface area contributed by atoms with Crippen LogP contribution >= 0.6 is 0 Å². The second-order valence-corrected chi connectivity index (χ2v) is 6.15. The highest BCUT2D eigenvalue weighted by Gasteiger charge is 2.40. The van der Waals surface area contributed by atoms with Gasteiger partial charge in [0.15, 0.2) is 0 Å². The van der Waals surface area contributed by atoms with Crippen molar-refractivity contribution in [2.24, 2.45) is 11.8 Å². The van der Waals surface area contributed by atoms with Gasteiger partial charge in [0.1, 0.15) is 11.4 Å². The Morgan fingerprint density at radius 3 is 2.33 bits per heavy atom. The Labute approximate surface area is 107 Å². The number of nitrogens with one attached hydrogen (secondary N) is 1. The van der Waals surface area contributed by atoms with Gasteiger partial charge in [0.25, 0.3) is 0 Å². The summed E-state index contributed by atoms with van der Waals surface area (Å²) in [7, 11) is 0. The first-order valence-corrected chi connectivity index (χ1v) is 6.46. The molecule has 0 spiro atoms. The zero-order valence-corrected chi connectivity index (χ0v) is 11.2. The second-order valence-electron chi connectivity index (χ2n) is 6.15. The summed E-state index contributed by atoms with van der Waals surface area (Å²) in [5.74, 6) is 0.179. The predicted octanol–water partition coefficient (Wildman–Crippen LogP) is 1.51. The van der Waals surface area contributed by atoms with Crippen molar-refractivity contribution in [3.8, 4) is 0 Å². The molecule has 0 aromatic heterocycles. The van der Waals surface area contributed by atoms with Gasteiger partial charge in [-0.1, -0.05) is 0 Å². The van der Waals surface area contributed by atoms with Crippen LogP contribution in [0.4, 0.5) is 4.79 Å². The number of hydrogen-bond acceptors (Lipinski definition) is 4. The first-order chi connectivity index (χ1) is 8.35. The number of ketones is 1. The van der Waals surface area contributed by atoms with Crippen LogP contribution in [0.25, 0.3) is 0 Å². The molecule has 2 unspecified atom stereocenters. The monoisotopic (exact) mass is 255 g/mol. The Hall–Kier alpha value is -1.10. The van der Waals surface area contributed by atoms with Gasteiger partial charge in [0.05, 0.1) is 13.2 Å². The Bertz CT molecular complexity index is 331. The summed E-state index contributed by atoms with van der Waals surface area (Å²) < 4.78 is 10.6. The molecule has 1 saturated heterocycles. The predicted molar refractivity (Wildman–Crippen MR) is 65.2 cm³/mol. The van der Waals surface area contributed by atoms with Gasteiger partial charge >= 0.3 is 6.09 Å². The summed E-state index contributed by atoms with van der Waals surface area (Å²) in [6.45, 7) is 6.47. The number of carbonyl (C=O) groups excluding carboxylic acids is 2. The molecule has 2 bridgehead atoms. The summed E-state index contributed by atoms with van der Waals surface area (Å²) in [5, 5.41) is 2.86. The first kappa shape index (κ1) is 13.3. The van der Waals surface area contributed by atoms with Crippen LogP contribution in [0.5, 0.6) is 0 Å². The van der Waals surface area contributed by atoms with Gasteiger partial charge in [0, 0.05) is 17.9 Å². The lowest BCUT2D eigenvalue weighted by Gasteiger charge is -2.37. The van der Waals surface area contributed by atoms with Gasteiger partial charge in [-0.2, -0.15) is 0 Å². The lowest BCUT2D eigenvalue weighted by atomic mass is 9.76. The molecule has 2 rings (SSSR count). The number of ether oxygens (including phenoxy) is 2. The highest BCUT2D eigenvalue weighted by Crippen LogP contribution is 2.30. The van der Waals surface area contributed by atoms with Gasteiger partial charge in [-0.05, 0) is 33.6 Å². The van der Waals surface area contributed by atoms with Gasteiger partial charge < -0.3 is 14.8 Å². The number of alkyl carbamates (subject to hydrolysis) is 1. The highest BCUT2D eigenvalue weighted by atomic mass is 16.6. The molecular formula is C13H21NO4. The smallest absolute Gasteiger partial charge is 0.407 e. The normalized spacial score (nSPS) is 31.9. The lowest BCUT2D eigenvalue weighted by Crippen LogP contribution is -2.50. The second kappa shape index (κ2) is 4.88. The Morgan fingerprint density at radius 2 is 1.83 bits per heavy atom. The molecular weight excluding hydrogens is 234 g/mol. The fourth-order valence-corrected chi connectivity index (χ4v) is 2.59. The van der Waals surface area contributed by atoms with Crippen molar-refractivity contribution in [2.45, 2.75) is 45.3 Å². The Kier molecular flexibility index (Phi) is 3.61. The summed E-state index contributed by atoms with van der Waals surface area (Å²) >= 11 is 0. The van der Waals surface area contributed by atoms with Crippen LogP contribution in [-0.2, 0) is 14.3 Å². The molecule has 5 heteroatoms. The van der Waals surface area contributed by atoms with Crippen molar-refractivity contribution in [2.75, 3.05) is 13.2 Å². The van der Waals surface area contributed by atoms with Gasteiger partial charge in [-0.25, -0.2) is 4.79 Å². The quantitative estimate of drug-likeness (QED) is 0.771. The Balaban J connectivity index is 1.88. The minimum atomic E-state index is -0.493. The standard InChI is InChI=1S/C13H21NO4/c1-13(2,3)18-12(16)14-10-4-8-6-17-7-9(5-10)11(8)15/h8-10H,4-7H2,1-3H3,(H,14,16). The fourth-order valence-electron chi connectivity index (χ4n) is 2.59. The number of hydrogen-bond donors (Lipinski definition) is 1. The third-order valence-electron chi connectivity index (χ3n) is 3.30. The van der Waals surface area contributed by atoms with Crippen molar-refractivity contribution >= 4 is 11.9 Å². The number of amides is 1. The minimum Gasteiger partial charge on any atom is -0.444 e. The zero-order chi connectivity index (χ0) is 13.3. The number of fused-ring (bicyclic) bond motifs is 2. The van der Waals surface area contributed by atoms with Crippen LogP contribution in [0.3, 0.4) is 0 Å². The first-order valence-electron chi connectivity index (χ1n) is 6.46. The van der Waals surface area contributed by atoms with Crippen molar-refractivity contribution in [1.29, 1.82) is 0 Å². The van der Waals surface area contributed by atoms with Gasteiger partial charge in [0.2, 0.25) is 0 Å². The van der Waals surface area contributed by atoms with Gasteiger partial charge in [-0.15, -0.1) is 0 Å². The zero-order valence-electron chi connectivity index (χ0n) is 11.2. The maximum atomic E-state index is 11.8. The molecule has 2 fully saturated rings. The van der Waals surface area contributed by atoms with E-state index < -0.39 is 11.7 Å². The minimum absolute atomic E-state index is 0.0245. The third-order valence-corrected chi connectivity index (χ3v) is 3.30. The summed E-state index contributed by atoms with van der Waals surface area (Å²) in [5.41, 5.74) is -0.493. The van der Waals surface area contributed by atoms with Crippen molar-refractivity contribution in [3.05, 3.63) is 0 Å². The van der Waals surface area contributed by atoms with E-state index in [4.69, 9.17) is 9.47 Å². The average molecular weight is 255 g/mol. The van der Waals surface area contributed by atoms with Crippen molar-refractivity contribution in [1.82, 2.24) is 5.32 Å². The lowest BCUT2D eigenvalue weighted by molar-refractivity contribution is -0.142. The van der Waals surface area contributed by atoms with Crippen LogP contribution in [0.2, 0.25) is 0 Å². The molecule has 2 aliphatic rings. The largest absolute Gasteiger partial charge is 0.444 e. The SMILES string of the molecule is CC(C)(C)OC(=O)NC1CC2COCC(C1)C2=O. The van der Waals surface area contributed by atoms with E-state index in [0.29, 0.717) is 31.8 Å². The molecule has 0 aromatic carbocycles. The average Bonchev–Trinajstić information content (AvgIpc) is 2.16. The van der Waals surface area contributed by atoms with E-state index in [1.165, 1.54) is 0 Å². The van der Waals surface area contributed by atoms with Crippen molar-refractivity contribution in [3.63, 3.8) is 0 Å². The molecule has 1 amide bonds. The van der Waals surface area contributed by atoms with E-state index in [0.717, 1.165) is 0 Å². The third kappa shape index (κ3) is 3.22. The van der Waals surface area contributed by atoms with Crippen LogP contribution in [-0.4, -0.2) is 36.7 Å². The van der Waals surface area contributed by atoms with Crippen LogP contribution in [0.15, 0.2) is 0 Å². The van der Waals surface area contributed by atoms with Crippen molar-refractivity contribution < 1.29 is 19.1 Å². The maximum absolute atomic E-state index is 11.8. The molecule has 0 radical (unpaired) electrons. The number of carbonyl (C=O) groups is 2. The molecule has 1 aliphatic heterocycles. The Morgan fingerprint density at radius 1 is 1.28 bits per heavy atom. The maximum Gasteiger partial charge on any atom is 0.407 e. The topological polar surface area (TPSA) is 64.6 Å². The molecule has 1 saturated carbocycles.